The molecule has 1 heterocycles. The average molecular weight is 205 g/mol. The highest BCUT2D eigenvalue weighted by Gasteiger charge is 2.15. The van der Waals surface area contributed by atoms with Gasteiger partial charge < -0.3 is 9.63 Å². The van der Waals surface area contributed by atoms with Crippen LogP contribution in [0.25, 0.3) is 0 Å². The summed E-state index contributed by atoms with van der Waals surface area (Å²) in [7, 11) is 0. The molecule has 0 saturated heterocycles. The number of hydrogen-bond acceptors (Lipinski definition) is 4. The van der Waals surface area contributed by atoms with Crippen LogP contribution in [0.15, 0.2) is 4.52 Å². The van der Waals surface area contributed by atoms with Gasteiger partial charge in [-0.25, -0.2) is 0 Å². The highest BCUT2D eigenvalue weighted by atomic mass is 35.5. The minimum atomic E-state index is -0.884. The van der Waals surface area contributed by atoms with Crippen molar-refractivity contribution in [3.63, 3.8) is 0 Å². The highest BCUT2D eigenvalue weighted by Crippen LogP contribution is 2.07. The number of carboxylic acid groups (broad SMARTS) is 1. The van der Waals surface area contributed by atoms with E-state index in [1.807, 2.05) is 0 Å². The summed E-state index contributed by atoms with van der Waals surface area (Å²) < 4.78 is 4.77. The molecule has 1 N–H and O–H groups in total. The average Bonchev–Trinajstić information content (AvgIpc) is 2.52. The Bertz CT molecular complexity index is 300. The van der Waals surface area contributed by atoms with E-state index in [4.69, 9.17) is 21.2 Å². The van der Waals surface area contributed by atoms with Gasteiger partial charge in [-0.1, -0.05) is 12.1 Å². The molecule has 0 aromatic carbocycles. The van der Waals surface area contributed by atoms with Crippen molar-refractivity contribution in [2.45, 2.75) is 19.2 Å². The van der Waals surface area contributed by atoms with Gasteiger partial charge in [0.2, 0.25) is 5.89 Å². The number of aliphatic carboxylic acids is 1. The van der Waals surface area contributed by atoms with Crippen LogP contribution in [0.1, 0.15) is 18.6 Å². The molecule has 0 aliphatic rings. The van der Waals surface area contributed by atoms with Gasteiger partial charge in [0.05, 0.1) is 11.8 Å². The molecule has 0 amide bonds. The van der Waals surface area contributed by atoms with E-state index in [1.165, 1.54) is 0 Å². The van der Waals surface area contributed by atoms with Gasteiger partial charge in [-0.15, -0.1) is 11.6 Å². The van der Waals surface area contributed by atoms with Crippen molar-refractivity contribution >= 4 is 17.6 Å². The number of nitrogens with zero attached hydrogens (tertiary/aromatic N) is 2. The van der Waals surface area contributed by atoms with Crippen LogP contribution in [0.4, 0.5) is 0 Å². The lowest BCUT2D eigenvalue weighted by molar-refractivity contribution is -0.141. The molecule has 1 rings (SSSR count). The first-order valence-electron chi connectivity index (χ1n) is 3.73. The van der Waals surface area contributed by atoms with E-state index < -0.39 is 11.9 Å². The Labute approximate surface area is 79.7 Å². The summed E-state index contributed by atoms with van der Waals surface area (Å²) in [6.45, 7) is 1.58. The maximum absolute atomic E-state index is 10.5. The summed E-state index contributed by atoms with van der Waals surface area (Å²) in [6.07, 6.45) is 0.235. The molecule has 0 saturated carbocycles. The van der Waals surface area contributed by atoms with Gasteiger partial charge in [0, 0.05) is 6.42 Å². The minimum Gasteiger partial charge on any atom is -0.481 e. The van der Waals surface area contributed by atoms with E-state index in [1.54, 1.807) is 6.92 Å². The van der Waals surface area contributed by atoms with Crippen LogP contribution < -0.4 is 0 Å². The monoisotopic (exact) mass is 204 g/mol. The lowest BCUT2D eigenvalue weighted by atomic mass is 10.1. The van der Waals surface area contributed by atoms with Crippen LogP contribution in [-0.2, 0) is 17.1 Å². The molecular weight excluding hydrogens is 196 g/mol. The zero-order chi connectivity index (χ0) is 9.84. The van der Waals surface area contributed by atoms with Crippen LogP contribution >= 0.6 is 11.6 Å². The third kappa shape index (κ3) is 2.69. The fourth-order valence-corrected chi connectivity index (χ4v) is 0.885. The smallest absolute Gasteiger partial charge is 0.306 e. The Kier molecular flexibility index (Phi) is 3.25. The van der Waals surface area contributed by atoms with E-state index >= 15 is 0 Å². The SMILES string of the molecule is CC(Cc1nc(CCl)no1)C(=O)O. The summed E-state index contributed by atoms with van der Waals surface area (Å²) in [6, 6.07) is 0. The minimum absolute atomic E-state index is 0.172. The molecule has 0 radical (unpaired) electrons. The lowest BCUT2D eigenvalue weighted by Crippen LogP contribution is -2.12. The molecule has 0 aliphatic heterocycles. The van der Waals surface area contributed by atoms with Gasteiger partial charge in [0.25, 0.3) is 0 Å². The van der Waals surface area contributed by atoms with Crippen molar-refractivity contribution in [3.05, 3.63) is 11.7 Å². The molecule has 72 valence electrons. The van der Waals surface area contributed by atoms with Crippen LogP contribution in [0.3, 0.4) is 0 Å². The second-order valence-electron chi connectivity index (χ2n) is 2.68. The van der Waals surface area contributed by atoms with Crippen LogP contribution in [0, 0.1) is 5.92 Å². The number of rotatable bonds is 4. The van der Waals surface area contributed by atoms with E-state index in [9.17, 15) is 4.79 Å². The van der Waals surface area contributed by atoms with E-state index in [0.717, 1.165) is 0 Å². The van der Waals surface area contributed by atoms with Crippen molar-refractivity contribution in [1.29, 1.82) is 0 Å². The Hall–Kier alpha value is -1.10. The summed E-state index contributed by atoms with van der Waals surface area (Å²) >= 11 is 5.44. The molecule has 0 fully saturated rings. The fourth-order valence-electron chi connectivity index (χ4n) is 0.777. The first-order valence-corrected chi connectivity index (χ1v) is 4.27. The van der Waals surface area contributed by atoms with Crippen LogP contribution in [0.5, 0.6) is 0 Å². The van der Waals surface area contributed by atoms with E-state index in [2.05, 4.69) is 10.1 Å². The number of aromatic nitrogens is 2. The van der Waals surface area contributed by atoms with Crippen molar-refractivity contribution in [3.8, 4) is 0 Å². The first kappa shape index (κ1) is 9.98. The molecular formula is C7H9ClN2O3. The van der Waals surface area contributed by atoms with Crippen LogP contribution in [-0.4, -0.2) is 21.2 Å². The maximum atomic E-state index is 10.5. The van der Waals surface area contributed by atoms with Crippen LogP contribution in [0.2, 0.25) is 0 Å². The molecule has 0 aliphatic carbocycles. The van der Waals surface area contributed by atoms with Gasteiger partial charge in [-0.05, 0) is 0 Å². The zero-order valence-corrected chi connectivity index (χ0v) is 7.78. The second-order valence-corrected chi connectivity index (χ2v) is 2.95. The van der Waals surface area contributed by atoms with Gasteiger partial charge in [0.1, 0.15) is 0 Å². The molecule has 13 heavy (non-hydrogen) atoms. The van der Waals surface area contributed by atoms with Gasteiger partial charge in [-0.2, -0.15) is 4.98 Å². The molecule has 1 aromatic rings. The van der Waals surface area contributed by atoms with E-state index in [0.29, 0.717) is 11.7 Å². The first-order chi connectivity index (χ1) is 6.13. The van der Waals surface area contributed by atoms with Crippen molar-refractivity contribution < 1.29 is 14.4 Å². The molecule has 0 spiro atoms. The van der Waals surface area contributed by atoms with E-state index in [-0.39, 0.29) is 12.3 Å². The summed E-state index contributed by atoms with van der Waals surface area (Å²) in [5.74, 6) is -0.542. The molecule has 5 nitrogen and oxygen atoms in total. The molecule has 1 aromatic heterocycles. The van der Waals surface area contributed by atoms with Gasteiger partial charge >= 0.3 is 5.97 Å². The van der Waals surface area contributed by atoms with Crippen molar-refractivity contribution in [1.82, 2.24) is 10.1 Å². The highest BCUT2D eigenvalue weighted by molar-refractivity contribution is 6.16. The maximum Gasteiger partial charge on any atom is 0.306 e. The predicted molar refractivity (Wildman–Crippen MR) is 44.4 cm³/mol. The third-order valence-corrected chi connectivity index (χ3v) is 1.77. The Balaban J connectivity index is 2.58. The summed E-state index contributed by atoms with van der Waals surface area (Å²) in [5.41, 5.74) is 0. The number of hydrogen-bond donors (Lipinski definition) is 1. The largest absolute Gasteiger partial charge is 0.481 e. The van der Waals surface area contributed by atoms with Crippen molar-refractivity contribution in [2.24, 2.45) is 5.92 Å². The number of carbonyl (C=O) groups is 1. The quantitative estimate of drug-likeness (QED) is 0.743. The second kappa shape index (κ2) is 4.23. The number of halogens is 1. The zero-order valence-electron chi connectivity index (χ0n) is 7.03. The Morgan fingerprint density at radius 3 is 2.92 bits per heavy atom. The third-order valence-electron chi connectivity index (χ3n) is 1.53. The van der Waals surface area contributed by atoms with Gasteiger partial charge in [-0.3, -0.25) is 4.79 Å². The van der Waals surface area contributed by atoms with Crippen molar-refractivity contribution in [2.75, 3.05) is 0 Å². The Morgan fingerprint density at radius 2 is 2.46 bits per heavy atom. The molecule has 1 atom stereocenters. The standard InChI is InChI=1S/C7H9ClN2O3/c1-4(7(11)12)2-6-9-5(3-8)10-13-6/h4H,2-3H2,1H3,(H,11,12). The summed E-state index contributed by atoms with van der Waals surface area (Å²) in [4.78, 5) is 14.3. The number of alkyl halides is 1. The topological polar surface area (TPSA) is 76.2 Å². The molecule has 6 heteroatoms. The Morgan fingerprint density at radius 1 is 1.77 bits per heavy atom. The number of carboxylic acids is 1. The fraction of sp³-hybridized carbons (Fsp3) is 0.571. The van der Waals surface area contributed by atoms with Gasteiger partial charge in [0.15, 0.2) is 5.82 Å². The predicted octanol–water partition coefficient (Wildman–Crippen LogP) is 1.07. The lowest BCUT2D eigenvalue weighted by Gasteiger charge is -1.99. The summed E-state index contributed by atoms with van der Waals surface area (Å²) in [5, 5.41) is 12.1. The molecule has 1 unspecified atom stereocenters. The molecule has 0 bridgehead atoms. The normalized spacial score (nSPS) is 12.8.